The highest BCUT2D eigenvalue weighted by molar-refractivity contribution is 5.65. The van der Waals surface area contributed by atoms with Gasteiger partial charge in [-0.05, 0) is 26.2 Å². The molecule has 1 aromatic rings. The molecule has 1 aromatic carbocycles. The largest absolute Gasteiger partial charge is 0.489 e. The van der Waals surface area contributed by atoms with Gasteiger partial charge in [0.15, 0.2) is 0 Å². The van der Waals surface area contributed by atoms with Crippen LogP contribution in [0.5, 0.6) is 5.75 Å². The van der Waals surface area contributed by atoms with Crippen LogP contribution in [-0.4, -0.2) is 58.3 Å². The van der Waals surface area contributed by atoms with Gasteiger partial charge in [-0.3, -0.25) is 0 Å². The third-order valence-corrected chi connectivity index (χ3v) is 3.24. The second kappa shape index (κ2) is 6.63. The number of nitrogens with zero attached hydrogens (tertiary/aromatic N) is 2. The molecule has 5 heteroatoms. The molecule has 1 heterocycles. The lowest BCUT2D eigenvalue weighted by Gasteiger charge is -2.31. The maximum Gasteiger partial charge on any atom is 0.144 e. The first-order valence-corrected chi connectivity index (χ1v) is 6.79. The van der Waals surface area contributed by atoms with Crippen molar-refractivity contribution in [1.82, 2.24) is 10.2 Å². The summed E-state index contributed by atoms with van der Waals surface area (Å²) < 4.78 is 5.64. The number of ether oxygens (including phenoxy) is 1. The molecule has 19 heavy (non-hydrogen) atoms. The summed E-state index contributed by atoms with van der Waals surface area (Å²) in [5.74, 6) is 0.902. The van der Waals surface area contributed by atoms with Crippen molar-refractivity contribution >= 4 is 11.4 Å². The van der Waals surface area contributed by atoms with Gasteiger partial charge in [-0.15, -0.1) is 0 Å². The topological polar surface area (TPSA) is 53.8 Å². The number of likely N-dealkylation sites (N-methyl/N-ethyl adjacent to an activating group) is 1. The van der Waals surface area contributed by atoms with Gasteiger partial charge in [0.1, 0.15) is 12.4 Å². The number of hydrogen-bond acceptors (Lipinski definition) is 5. The van der Waals surface area contributed by atoms with Crippen molar-refractivity contribution in [2.75, 3.05) is 64.1 Å². The average Bonchev–Trinajstić information content (AvgIpc) is 2.37. The number of nitrogens with one attached hydrogen (secondary N) is 1. The first-order valence-electron chi connectivity index (χ1n) is 6.79. The summed E-state index contributed by atoms with van der Waals surface area (Å²) in [6, 6.07) is 5.88. The highest BCUT2D eigenvalue weighted by Crippen LogP contribution is 2.32. The molecule has 0 amide bonds. The quantitative estimate of drug-likeness (QED) is 0.583. The number of hydrogen-bond donors (Lipinski definition) is 2. The van der Waals surface area contributed by atoms with Crippen molar-refractivity contribution in [2.24, 2.45) is 0 Å². The Kier molecular flexibility index (Phi) is 4.87. The zero-order chi connectivity index (χ0) is 13.7. The molecule has 0 atom stereocenters. The minimum absolute atomic E-state index is 0.730. The van der Waals surface area contributed by atoms with E-state index in [9.17, 15) is 0 Å². The highest BCUT2D eigenvalue weighted by Gasteiger charge is 2.17. The fourth-order valence-corrected chi connectivity index (χ4v) is 2.17. The first kappa shape index (κ1) is 14.0. The van der Waals surface area contributed by atoms with Crippen molar-refractivity contribution in [3.63, 3.8) is 0 Å². The lowest BCUT2D eigenvalue weighted by Crippen LogP contribution is -2.39. The van der Waals surface area contributed by atoms with E-state index in [1.54, 1.807) is 0 Å². The van der Waals surface area contributed by atoms with Crippen LogP contribution in [0, 0.1) is 0 Å². The first-order chi connectivity index (χ1) is 9.16. The van der Waals surface area contributed by atoms with Gasteiger partial charge in [-0.1, -0.05) is 0 Å². The van der Waals surface area contributed by atoms with Crippen molar-refractivity contribution in [1.29, 1.82) is 0 Å². The predicted octanol–water partition coefficient (Wildman–Crippen LogP) is 0.619. The summed E-state index contributed by atoms with van der Waals surface area (Å²) in [6.45, 7) is 5.73. The minimum atomic E-state index is 0.730. The van der Waals surface area contributed by atoms with Gasteiger partial charge in [0.05, 0.1) is 12.2 Å². The van der Waals surface area contributed by atoms with E-state index in [1.165, 1.54) is 0 Å². The summed E-state index contributed by atoms with van der Waals surface area (Å²) in [5.41, 5.74) is 7.68. The minimum Gasteiger partial charge on any atom is -0.489 e. The third kappa shape index (κ3) is 4.01. The molecular formula is C14H24N4O. The molecule has 3 N–H and O–H groups in total. The fourth-order valence-electron chi connectivity index (χ4n) is 2.17. The zero-order valence-electron chi connectivity index (χ0n) is 11.9. The van der Waals surface area contributed by atoms with Crippen molar-refractivity contribution in [3.05, 3.63) is 18.2 Å². The second-order valence-electron chi connectivity index (χ2n) is 5.12. The predicted molar refractivity (Wildman–Crippen MR) is 80.0 cm³/mol. The van der Waals surface area contributed by atoms with Crippen LogP contribution in [0.3, 0.4) is 0 Å². The van der Waals surface area contributed by atoms with Crippen molar-refractivity contribution in [2.45, 2.75) is 0 Å². The number of benzene rings is 1. The summed E-state index contributed by atoms with van der Waals surface area (Å²) in [4.78, 5) is 4.53. The Labute approximate surface area is 115 Å². The van der Waals surface area contributed by atoms with E-state index in [2.05, 4.69) is 29.2 Å². The Morgan fingerprint density at radius 3 is 3.00 bits per heavy atom. The van der Waals surface area contributed by atoms with Crippen molar-refractivity contribution < 1.29 is 4.74 Å². The highest BCUT2D eigenvalue weighted by atomic mass is 16.5. The molecule has 0 aromatic heterocycles. The van der Waals surface area contributed by atoms with Crippen LogP contribution in [0.2, 0.25) is 0 Å². The Bertz CT molecular complexity index is 408. The molecule has 0 saturated heterocycles. The van der Waals surface area contributed by atoms with E-state index in [0.717, 1.165) is 56.5 Å². The third-order valence-electron chi connectivity index (χ3n) is 3.24. The van der Waals surface area contributed by atoms with E-state index in [4.69, 9.17) is 10.5 Å². The summed E-state index contributed by atoms with van der Waals surface area (Å²) in [7, 11) is 4.18. The van der Waals surface area contributed by atoms with E-state index in [1.807, 2.05) is 18.2 Å². The Morgan fingerprint density at radius 2 is 2.21 bits per heavy atom. The SMILES string of the molecule is CN(C)CCNCCN1CCOc2cc(N)ccc21. The molecule has 0 aliphatic carbocycles. The smallest absolute Gasteiger partial charge is 0.144 e. The summed E-state index contributed by atoms with van der Waals surface area (Å²) in [6.07, 6.45) is 0. The zero-order valence-corrected chi connectivity index (χ0v) is 11.9. The maximum atomic E-state index is 5.78. The molecule has 5 nitrogen and oxygen atoms in total. The van der Waals surface area contributed by atoms with Crippen LogP contribution in [0.15, 0.2) is 18.2 Å². The second-order valence-corrected chi connectivity index (χ2v) is 5.12. The number of fused-ring (bicyclic) bond motifs is 1. The molecule has 1 aliphatic rings. The van der Waals surface area contributed by atoms with Gasteiger partial charge >= 0.3 is 0 Å². The van der Waals surface area contributed by atoms with E-state index in [0.29, 0.717) is 0 Å². The normalized spacial score (nSPS) is 14.4. The molecule has 0 spiro atoms. The van der Waals surface area contributed by atoms with Crippen LogP contribution in [0.25, 0.3) is 0 Å². The molecule has 1 aliphatic heterocycles. The van der Waals surface area contributed by atoms with Gasteiger partial charge in [-0.2, -0.15) is 0 Å². The van der Waals surface area contributed by atoms with Gasteiger partial charge in [-0.25, -0.2) is 0 Å². The Hall–Kier alpha value is -1.46. The standard InChI is InChI=1S/C14H24N4O/c1-17(2)7-5-16-6-8-18-9-10-19-14-11-12(15)3-4-13(14)18/h3-4,11,16H,5-10,15H2,1-2H3. The maximum absolute atomic E-state index is 5.78. The van der Waals surface area contributed by atoms with Gasteiger partial charge in [0.2, 0.25) is 0 Å². The van der Waals surface area contributed by atoms with Gasteiger partial charge in [0.25, 0.3) is 0 Å². The molecule has 0 unspecified atom stereocenters. The number of nitrogen functional groups attached to an aromatic ring is 1. The van der Waals surface area contributed by atoms with Crippen LogP contribution in [0.4, 0.5) is 11.4 Å². The Morgan fingerprint density at radius 1 is 1.37 bits per heavy atom. The van der Waals surface area contributed by atoms with Crippen LogP contribution >= 0.6 is 0 Å². The Balaban J connectivity index is 1.82. The van der Waals surface area contributed by atoms with E-state index in [-0.39, 0.29) is 0 Å². The lowest BCUT2D eigenvalue weighted by molar-refractivity contribution is 0.307. The molecule has 0 fully saturated rings. The number of nitrogens with two attached hydrogens (primary N) is 1. The number of rotatable bonds is 6. The van der Waals surface area contributed by atoms with Gasteiger partial charge < -0.3 is 25.6 Å². The van der Waals surface area contributed by atoms with Gasteiger partial charge in [0, 0.05) is 37.9 Å². The molecule has 0 saturated carbocycles. The van der Waals surface area contributed by atoms with Crippen LogP contribution in [-0.2, 0) is 0 Å². The lowest BCUT2D eigenvalue weighted by atomic mass is 10.2. The molecule has 0 radical (unpaired) electrons. The molecular weight excluding hydrogens is 240 g/mol. The summed E-state index contributed by atoms with van der Waals surface area (Å²) in [5, 5.41) is 3.46. The van der Waals surface area contributed by atoms with Crippen molar-refractivity contribution in [3.8, 4) is 5.75 Å². The van der Waals surface area contributed by atoms with Crippen LogP contribution in [0.1, 0.15) is 0 Å². The molecule has 2 rings (SSSR count). The summed E-state index contributed by atoms with van der Waals surface area (Å²) >= 11 is 0. The van der Waals surface area contributed by atoms with Crippen LogP contribution < -0.4 is 20.7 Å². The fraction of sp³-hybridized carbons (Fsp3) is 0.571. The average molecular weight is 264 g/mol. The number of anilines is 2. The van der Waals surface area contributed by atoms with E-state index >= 15 is 0 Å². The van der Waals surface area contributed by atoms with E-state index < -0.39 is 0 Å². The molecule has 0 bridgehead atoms. The monoisotopic (exact) mass is 264 g/mol. The molecule has 106 valence electrons.